The number of benzene rings is 1. The van der Waals surface area contributed by atoms with Gasteiger partial charge in [-0.25, -0.2) is 0 Å². The first-order valence-corrected chi connectivity index (χ1v) is 11.0. The summed E-state index contributed by atoms with van der Waals surface area (Å²) in [5.74, 6) is 1.64. The van der Waals surface area contributed by atoms with Crippen LogP contribution in [0.2, 0.25) is 0 Å². The van der Waals surface area contributed by atoms with Crippen molar-refractivity contribution < 1.29 is 22.4 Å². The van der Waals surface area contributed by atoms with Crippen LogP contribution in [0.1, 0.15) is 55.8 Å². The normalized spacial score (nSPS) is 27.2. The number of nitrogens with zero attached hydrogens (tertiary/aromatic N) is 4. The number of ether oxygens (including phenoxy) is 1. The first-order chi connectivity index (χ1) is 15.4. The van der Waals surface area contributed by atoms with E-state index >= 15 is 0 Å². The molecule has 32 heavy (non-hydrogen) atoms. The van der Waals surface area contributed by atoms with Gasteiger partial charge in [-0.3, -0.25) is 0 Å². The predicted molar refractivity (Wildman–Crippen MR) is 110 cm³/mol. The molecule has 1 N–H and O–H groups in total. The van der Waals surface area contributed by atoms with Gasteiger partial charge in [-0.05, 0) is 68.0 Å². The quantitative estimate of drug-likeness (QED) is 0.316. The first-order valence-electron chi connectivity index (χ1n) is 11.0. The molecule has 1 aromatic heterocycles. The molecule has 0 amide bonds. The SMILES string of the molecule is [N-]=[N+]=NC1CC2CC(NCc3c(-c4ccccc4OC(F)(F)F)noc3C3CC3)CC1C2. The fourth-order valence-corrected chi connectivity index (χ4v) is 5.39. The predicted octanol–water partition coefficient (Wildman–Crippen LogP) is 6.07. The van der Waals surface area contributed by atoms with Crippen molar-refractivity contribution in [2.75, 3.05) is 0 Å². The average molecular weight is 447 g/mol. The van der Waals surface area contributed by atoms with Gasteiger partial charge in [-0.15, -0.1) is 13.2 Å². The Hall–Kier alpha value is -2.71. The van der Waals surface area contributed by atoms with E-state index in [1.165, 1.54) is 12.1 Å². The van der Waals surface area contributed by atoms with Crippen LogP contribution in [0.4, 0.5) is 13.2 Å². The molecule has 1 heterocycles. The van der Waals surface area contributed by atoms with Crippen LogP contribution in [0.5, 0.6) is 5.75 Å². The van der Waals surface area contributed by atoms with Crippen LogP contribution in [-0.4, -0.2) is 23.6 Å². The van der Waals surface area contributed by atoms with Gasteiger partial charge in [-0.2, -0.15) is 0 Å². The zero-order valence-electron chi connectivity index (χ0n) is 17.4. The Morgan fingerprint density at radius 1 is 1.19 bits per heavy atom. The summed E-state index contributed by atoms with van der Waals surface area (Å²) in [7, 11) is 0. The summed E-state index contributed by atoms with van der Waals surface area (Å²) in [6, 6.07) is 6.36. The molecule has 3 aliphatic carbocycles. The molecule has 3 saturated carbocycles. The Bertz CT molecular complexity index is 1030. The van der Waals surface area contributed by atoms with Gasteiger partial charge in [0.15, 0.2) is 0 Å². The summed E-state index contributed by atoms with van der Waals surface area (Å²) in [4.78, 5) is 3.00. The number of halogens is 3. The van der Waals surface area contributed by atoms with Crippen molar-refractivity contribution in [2.24, 2.45) is 17.0 Å². The Labute approximate surface area is 182 Å². The highest BCUT2D eigenvalue weighted by Gasteiger charge is 2.41. The van der Waals surface area contributed by atoms with E-state index in [9.17, 15) is 13.2 Å². The third kappa shape index (κ3) is 4.42. The summed E-state index contributed by atoms with van der Waals surface area (Å²) in [5.41, 5.74) is 10.3. The molecule has 10 heteroatoms. The molecule has 0 spiro atoms. The van der Waals surface area contributed by atoms with E-state index < -0.39 is 6.36 Å². The molecule has 0 radical (unpaired) electrons. The Kier molecular flexibility index (Phi) is 5.51. The minimum atomic E-state index is -4.79. The van der Waals surface area contributed by atoms with Gasteiger partial charge < -0.3 is 14.6 Å². The van der Waals surface area contributed by atoms with E-state index in [1.54, 1.807) is 12.1 Å². The zero-order chi connectivity index (χ0) is 22.3. The second-order valence-corrected chi connectivity index (χ2v) is 9.11. The number of hydrogen-bond acceptors (Lipinski definition) is 5. The van der Waals surface area contributed by atoms with Crippen LogP contribution in [-0.2, 0) is 6.54 Å². The van der Waals surface area contributed by atoms with Crippen molar-refractivity contribution in [1.29, 1.82) is 0 Å². The molecular weight excluding hydrogens is 423 g/mol. The van der Waals surface area contributed by atoms with Crippen LogP contribution in [0.3, 0.4) is 0 Å². The van der Waals surface area contributed by atoms with Gasteiger partial charge in [0.2, 0.25) is 0 Å². The highest BCUT2D eigenvalue weighted by molar-refractivity contribution is 5.70. The molecule has 7 nitrogen and oxygen atoms in total. The Morgan fingerprint density at radius 3 is 2.75 bits per heavy atom. The van der Waals surface area contributed by atoms with E-state index in [2.05, 4.69) is 25.2 Å². The van der Waals surface area contributed by atoms with Gasteiger partial charge in [0, 0.05) is 40.6 Å². The minimum Gasteiger partial charge on any atom is -0.405 e. The standard InChI is InChI=1S/C22H24F3N5O2/c23-22(24,25)31-19-4-2-1-3-16(19)20-17(21(32-29-20)13-5-6-13)11-27-15-8-12-7-14(10-15)18(9-12)28-30-26/h1-4,12-15,18,27H,5-11H2. The third-order valence-corrected chi connectivity index (χ3v) is 6.86. The molecular formula is C22H24F3N5O2. The second kappa shape index (κ2) is 8.33. The number of nitrogens with one attached hydrogen (secondary N) is 1. The van der Waals surface area contributed by atoms with Gasteiger partial charge in [-0.1, -0.05) is 22.4 Å². The molecule has 4 unspecified atom stereocenters. The van der Waals surface area contributed by atoms with E-state index in [4.69, 9.17) is 10.1 Å². The number of fused-ring (bicyclic) bond motifs is 2. The largest absolute Gasteiger partial charge is 0.573 e. The van der Waals surface area contributed by atoms with E-state index in [0.717, 1.165) is 49.8 Å². The van der Waals surface area contributed by atoms with E-state index in [1.807, 2.05) is 0 Å². The van der Waals surface area contributed by atoms with Crippen molar-refractivity contribution >= 4 is 0 Å². The lowest BCUT2D eigenvalue weighted by Crippen LogP contribution is -2.35. The summed E-state index contributed by atoms with van der Waals surface area (Å²) in [6.45, 7) is 0.460. The summed E-state index contributed by atoms with van der Waals surface area (Å²) in [5, 5.41) is 11.7. The average Bonchev–Trinajstić information content (AvgIpc) is 3.44. The lowest BCUT2D eigenvalue weighted by atomic mass is 9.85. The zero-order valence-corrected chi connectivity index (χ0v) is 17.4. The van der Waals surface area contributed by atoms with Crippen molar-refractivity contribution in [3.05, 3.63) is 46.0 Å². The van der Waals surface area contributed by atoms with Crippen molar-refractivity contribution in [1.82, 2.24) is 10.5 Å². The maximum Gasteiger partial charge on any atom is 0.573 e. The number of alkyl halides is 3. The molecule has 4 atom stereocenters. The van der Waals surface area contributed by atoms with Gasteiger partial charge in [0.1, 0.15) is 17.2 Å². The minimum absolute atomic E-state index is 0.0661. The summed E-state index contributed by atoms with van der Waals surface area (Å²) >= 11 is 0. The topological polar surface area (TPSA) is 96.1 Å². The highest BCUT2D eigenvalue weighted by atomic mass is 19.4. The van der Waals surface area contributed by atoms with Crippen molar-refractivity contribution in [3.8, 4) is 17.0 Å². The number of rotatable bonds is 7. The highest BCUT2D eigenvalue weighted by Crippen LogP contribution is 2.46. The molecule has 0 saturated heterocycles. The maximum atomic E-state index is 12.9. The van der Waals surface area contributed by atoms with Crippen molar-refractivity contribution in [3.63, 3.8) is 0 Å². The van der Waals surface area contributed by atoms with Gasteiger partial charge in [0.05, 0.1) is 0 Å². The fraction of sp³-hybridized carbons (Fsp3) is 0.591. The molecule has 2 bridgehead atoms. The summed E-state index contributed by atoms with van der Waals surface area (Å²) < 4.78 is 48.7. The maximum absolute atomic E-state index is 12.9. The van der Waals surface area contributed by atoms with Crippen LogP contribution >= 0.6 is 0 Å². The van der Waals surface area contributed by atoms with E-state index in [0.29, 0.717) is 24.1 Å². The number of hydrogen-bond donors (Lipinski definition) is 1. The molecule has 5 rings (SSSR count). The lowest BCUT2D eigenvalue weighted by Gasteiger charge is -2.29. The third-order valence-electron chi connectivity index (χ3n) is 6.86. The Morgan fingerprint density at radius 2 is 2.00 bits per heavy atom. The smallest absolute Gasteiger partial charge is 0.405 e. The first kappa shape index (κ1) is 21.2. The molecule has 3 aliphatic rings. The molecule has 1 aromatic carbocycles. The van der Waals surface area contributed by atoms with Gasteiger partial charge >= 0.3 is 6.36 Å². The van der Waals surface area contributed by atoms with Crippen molar-refractivity contribution in [2.45, 2.75) is 69.4 Å². The molecule has 3 fully saturated rings. The van der Waals surface area contributed by atoms with Crippen LogP contribution in [0.25, 0.3) is 21.7 Å². The van der Waals surface area contributed by atoms with Crippen LogP contribution in [0, 0.1) is 11.8 Å². The number of azide groups is 1. The second-order valence-electron chi connectivity index (χ2n) is 9.11. The number of aromatic nitrogens is 1. The lowest BCUT2D eigenvalue weighted by molar-refractivity contribution is -0.274. The number of para-hydroxylation sites is 1. The Balaban J connectivity index is 1.38. The van der Waals surface area contributed by atoms with Gasteiger partial charge in [0.25, 0.3) is 0 Å². The summed E-state index contributed by atoms with van der Waals surface area (Å²) in [6.07, 6.45) is 1.14. The molecule has 2 aromatic rings. The fourth-order valence-electron chi connectivity index (χ4n) is 5.39. The monoisotopic (exact) mass is 447 g/mol. The van der Waals surface area contributed by atoms with Crippen LogP contribution in [0.15, 0.2) is 33.9 Å². The molecule has 0 aliphatic heterocycles. The molecule has 170 valence electrons. The van der Waals surface area contributed by atoms with E-state index in [-0.39, 0.29) is 29.3 Å². The van der Waals surface area contributed by atoms with Crippen LogP contribution < -0.4 is 10.1 Å².